The Kier molecular flexibility index (Phi) is 5.50. The zero-order valence-corrected chi connectivity index (χ0v) is 14.5. The molecule has 0 atom stereocenters. The zero-order chi connectivity index (χ0) is 17.8. The lowest BCUT2D eigenvalue weighted by Crippen LogP contribution is -2.20. The first-order chi connectivity index (χ1) is 12.0. The molecule has 2 aromatic carbocycles. The molecule has 25 heavy (non-hydrogen) atoms. The molecule has 1 heterocycles. The lowest BCUT2D eigenvalue weighted by atomic mass is 10.2. The Balaban J connectivity index is 1.65. The molecule has 1 aliphatic rings. The number of amides is 1. The van der Waals surface area contributed by atoms with Gasteiger partial charge in [0.1, 0.15) is 11.6 Å². The standard InChI is InChI=1S/C17H14Cl2FNO4/c18-11-7-15-16(24-5-1-4-23-15)8-13(11)21-17(22)9-25-14-3-2-10(20)6-12(14)19/h2-3,6-8H,1,4-5,9H2,(H,21,22). The van der Waals surface area contributed by atoms with E-state index in [1.165, 1.54) is 12.1 Å². The summed E-state index contributed by atoms with van der Waals surface area (Å²) in [6.07, 6.45) is 0.764. The Morgan fingerprint density at radius 1 is 1.12 bits per heavy atom. The van der Waals surface area contributed by atoms with Crippen LogP contribution in [0.5, 0.6) is 17.2 Å². The summed E-state index contributed by atoms with van der Waals surface area (Å²) < 4.78 is 29.4. The highest BCUT2D eigenvalue weighted by molar-refractivity contribution is 6.34. The number of nitrogens with one attached hydrogen (secondary N) is 1. The topological polar surface area (TPSA) is 56.8 Å². The normalized spacial score (nSPS) is 13.1. The van der Waals surface area contributed by atoms with Gasteiger partial charge in [-0.25, -0.2) is 4.39 Å². The minimum absolute atomic E-state index is 0.0846. The van der Waals surface area contributed by atoms with E-state index >= 15 is 0 Å². The van der Waals surface area contributed by atoms with E-state index in [1.54, 1.807) is 12.1 Å². The van der Waals surface area contributed by atoms with Crippen LogP contribution < -0.4 is 19.5 Å². The number of anilines is 1. The molecule has 1 N–H and O–H groups in total. The van der Waals surface area contributed by atoms with E-state index < -0.39 is 11.7 Å². The van der Waals surface area contributed by atoms with Gasteiger partial charge >= 0.3 is 0 Å². The summed E-state index contributed by atoms with van der Waals surface area (Å²) in [5, 5.41) is 3.03. The zero-order valence-electron chi connectivity index (χ0n) is 13.0. The lowest BCUT2D eigenvalue weighted by molar-refractivity contribution is -0.118. The fourth-order valence-electron chi connectivity index (χ4n) is 2.20. The van der Waals surface area contributed by atoms with Crippen LogP contribution in [0.3, 0.4) is 0 Å². The molecule has 0 fully saturated rings. The number of ether oxygens (including phenoxy) is 3. The van der Waals surface area contributed by atoms with Gasteiger partial charge in [-0.2, -0.15) is 0 Å². The minimum Gasteiger partial charge on any atom is -0.490 e. The summed E-state index contributed by atoms with van der Waals surface area (Å²) in [7, 11) is 0. The van der Waals surface area contributed by atoms with E-state index in [-0.39, 0.29) is 17.4 Å². The molecule has 0 bridgehead atoms. The number of benzene rings is 2. The van der Waals surface area contributed by atoms with Crippen molar-refractivity contribution in [1.82, 2.24) is 0 Å². The van der Waals surface area contributed by atoms with Gasteiger partial charge in [-0.15, -0.1) is 0 Å². The Morgan fingerprint density at radius 2 is 1.84 bits per heavy atom. The van der Waals surface area contributed by atoms with Crippen molar-refractivity contribution in [3.8, 4) is 17.2 Å². The molecule has 0 spiro atoms. The number of carbonyl (C=O) groups is 1. The molecule has 0 saturated heterocycles. The van der Waals surface area contributed by atoms with Gasteiger partial charge in [0, 0.05) is 18.6 Å². The molecule has 5 nitrogen and oxygen atoms in total. The second-order valence-corrected chi connectivity index (χ2v) is 6.06. The SMILES string of the molecule is O=C(COc1ccc(F)cc1Cl)Nc1cc2c(cc1Cl)OCCCO2. The molecule has 132 valence electrons. The molecule has 8 heteroatoms. The highest BCUT2D eigenvalue weighted by atomic mass is 35.5. The largest absolute Gasteiger partial charge is 0.490 e. The summed E-state index contributed by atoms with van der Waals surface area (Å²) in [6, 6.07) is 6.85. The third-order valence-electron chi connectivity index (χ3n) is 3.36. The van der Waals surface area contributed by atoms with Crippen molar-refractivity contribution in [2.75, 3.05) is 25.1 Å². The van der Waals surface area contributed by atoms with Crippen LogP contribution in [0.2, 0.25) is 10.0 Å². The van der Waals surface area contributed by atoms with Crippen molar-refractivity contribution < 1.29 is 23.4 Å². The monoisotopic (exact) mass is 385 g/mol. The summed E-state index contributed by atoms with van der Waals surface area (Å²) in [6.45, 7) is 0.756. The van der Waals surface area contributed by atoms with Crippen molar-refractivity contribution in [2.45, 2.75) is 6.42 Å². The molecule has 0 radical (unpaired) electrons. The number of hydrogen-bond acceptors (Lipinski definition) is 4. The van der Waals surface area contributed by atoms with Crippen molar-refractivity contribution in [2.24, 2.45) is 0 Å². The van der Waals surface area contributed by atoms with Gasteiger partial charge in [-0.1, -0.05) is 23.2 Å². The molecule has 0 saturated carbocycles. The van der Waals surface area contributed by atoms with E-state index in [0.717, 1.165) is 12.5 Å². The average molecular weight is 386 g/mol. The van der Waals surface area contributed by atoms with Gasteiger partial charge in [-0.3, -0.25) is 4.79 Å². The second-order valence-electron chi connectivity index (χ2n) is 5.24. The van der Waals surface area contributed by atoms with Crippen molar-refractivity contribution >= 4 is 34.8 Å². The van der Waals surface area contributed by atoms with Crippen LogP contribution in [0.4, 0.5) is 10.1 Å². The Morgan fingerprint density at radius 3 is 2.56 bits per heavy atom. The van der Waals surface area contributed by atoms with E-state index in [0.29, 0.717) is 35.4 Å². The molecule has 1 aliphatic heterocycles. The van der Waals surface area contributed by atoms with Crippen molar-refractivity contribution in [3.05, 3.63) is 46.2 Å². The molecule has 0 aliphatic carbocycles. The maximum absolute atomic E-state index is 13.0. The van der Waals surface area contributed by atoms with Crippen molar-refractivity contribution in [3.63, 3.8) is 0 Å². The first-order valence-corrected chi connectivity index (χ1v) is 8.25. The smallest absolute Gasteiger partial charge is 0.262 e. The van der Waals surface area contributed by atoms with Gasteiger partial charge in [0.2, 0.25) is 0 Å². The molecular weight excluding hydrogens is 372 g/mol. The molecular formula is C17H14Cl2FNO4. The first kappa shape index (κ1) is 17.6. The van der Waals surface area contributed by atoms with Crippen LogP contribution in [0.25, 0.3) is 0 Å². The number of carbonyl (C=O) groups excluding carboxylic acids is 1. The van der Waals surface area contributed by atoms with Crippen molar-refractivity contribution in [1.29, 1.82) is 0 Å². The van der Waals surface area contributed by atoms with Gasteiger partial charge in [0.15, 0.2) is 18.1 Å². The third-order valence-corrected chi connectivity index (χ3v) is 3.97. The molecule has 0 unspecified atom stereocenters. The predicted octanol–water partition coefficient (Wildman–Crippen LogP) is 4.31. The van der Waals surface area contributed by atoms with Crippen LogP contribution in [0.15, 0.2) is 30.3 Å². The van der Waals surface area contributed by atoms with Crippen LogP contribution in [-0.4, -0.2) is 25.7 Å². The number of halogens is 3. The number of rotatable bonds is 4. The van der Waals surface area contributed by atoms with Gasteiger partial charge in [-0.05, 0) is 18.2 Å². The Bertz CT molecular complexity index is 800. The molecule has 2 aromatic rings. The molecule has 0 aromatic heterocycles. The van der Waals surface area contributed by atoms with Gasteiger partial charge in [0.25, 0.3) is 5.91 Å². The van der Waals surface area contributed by atoms with E-state index in [1.807, 2.05) is 0 Å². The van der Waals surface area contributed by atoms with Crippen LogP contribution in [0, 0.1) is 5.82 Å². The predicted molar refractivity (Wildman–Crippen MR) is 92.6 cm³/mol. The van der Waals surface area contributed by atoms with E-state index in [4.69, 9.17) is 37.4 Å². The summed E-state index contributed by atoms with van der Waals surface area (Å²) in [4.78, 5) is 12.1. The van der Waals surface area contributed by atoms with Crippen LogP contribution in [-0.2, 0) is 4.79 Å². The highest BCUT2D eigenvalue weighted by Crippen LogP contribution is 2.37. The maximum atomic E-state index is 13.0. The maximum Gasteiger partial charge on any atom is 0.262 e. The Hall–Kier alpha value is -2.18. The number of fused-ring (bicyclic) bond motifs is 1. The third kappa shape index (κ3) is 4.46. The summed E-state index contributed by atoms with van der Waals surface area (Å²) in [5.74, 6) is 0.329. The molecule has 3 rings (SSSR count). The summed E-state index contributed by atoms with van der Waals surface area (Å²) in [5.41, 5.74) is 0.379. The summed E-state index contributed by atoms with van der Waals surface area (Å²) >= 11 is 12.0. The van der Waals surface area contributed by atoms with Crippen LogP contribution >= 0.6 is 23.2 Å². The van der Waals surface area contributed by atoms with Gasteiger partial charge in [0.05, 0.1) is 28.9 Å². The molecule has 1 amide bonds. The lowest BCUT2D eigenvalue weighted by Gasteiger charge is -2.13. The fourth-order valence-corrected chi connectivity index (χ4v) is 2.62. The Labute approximate surface area is 153 Å². The second kappa shape index (κ2) is 7.80. The number of hydrogen-bond donors (Lipinski definition) is 1. The fraction of sp³-hybridized carbons (Fsp3) is 0.235. The van der Waals surface area contributed by atoms with Gasteiger partial charge < -0.3 is 19.5 Å². The first-order valence-electron chi connectivity index (χ1n) is 7.50. The van der Waals surface area contributed by atoms with E-state index in [9.17, 15) is 9.18 Å². The quantitative estimate of drug-likeness (QED) is 0.851. The minimum atomic E-state index is -0.485. The van der Waals surface area contributed by atoms with Crippen LogP contribution in [0.1, 0.15) is 6.42 Å². The average Bonchev–Trinajstić information content (AvgIpc) is 2.79. The highest BCUT2D eigenvalue weighted by Gasteiger charge is 2.16. The van der Waals surface area contributed by atoms with E-state index in [2.05, 4.69) is 5.32 Å².